The first-order valence-corrected chi connectivity index (χ1v) is 7.39. The Kier molecular flexibility index (Phi) is 4.50. The Labute approximate surface area is 129 Å². The smallest absolute Gasteiger partial charge is 0.430 e. The lowest BCUT2D eigenvalue weighted by Gasteiger charge is -2.45. The summed E-state index contributed by atoms with van der Waals surface area (Å²) in [5.41, 5.74) is -0.148. The van der Waals surface area contributed by atoms with Crippen LogP contribution >= 0.6 is 0 Å². The predicted octanol–water partition coefficient (Wildman–Crippen LogP) is 1.72. The summed E-state index contributed by atoms with van der Waals surface area (Å²) >= 11 is 0. The molecule has 2 rings (SSSR count). The number of nitrogens with zero attached hydrogens (tertiary/aromatic N) is 1. The third kappa shape index (κ3) is 4.03. The van der Waals surface area contributed by atoms with E-state index in [1.165, 1.54) is 0 Å². The molecule has 3 atom stereocenters. The molecule has 1 aliphatic heterocycles. The molecule has 0 aromatic heterocycles. The highest BCUT2D eigenvalue weighted by Crippen LogP contribution is 2.46. The summed E-state index contributed by atoms with van der Waals surface area (Å²) in [7, 11) is 0. The summed E-state index contributed by atoms with van der Waals surface area (Å²) in [4.78, 5) is 22.8. The van der Waals surface area contributed by atoms with Crippen molar-refractivity contribution in [1.29, 1.82) is 5.26 Å². The molecule has 122 valence electrons. The molecule has 7 nitrogen and oxygen atoms in total. The summed E-state index contributed by atoms with van der Waals surface area (Å²) in [6.45, 7) is 6.72. The van der Waals surface area contributed by atoms with Crippen LogP contribution in [0.15, 0.2) is 0 Å². The van der Waals surface area contributed by atoms with Gasteiger partial charge in [-0.15, -0.1) is 0 Å². The zero-order valence-corrected chi connectivity index (χ0v) is 13.2. The number of nitrogens with one attached hydrogen (secondary N) is 1. The van der Waals surface area contributed by atoms with E-state index < -0.39 is 12.3 Å². The third-order valence-corrected chi connectivity index (χ3v) is 4.20. The highest BCUT2D eigenvalue weighted by atomic mass is 16.8. The van der Waals surface area contributed by atoms with Gasteiger partial charge in [0.15, 0.2) is 0 Å². The fourth-order valence-corrected chi connectivity index (χ4v) is 3.70. The van der Waals surface area contributed by atoms with Gasteiger partial charge in [-0.1, -0.05) is 20.8 Å². The first-order chi connectivity index (χ1) is 10.2. The van der Waals surface area contributed by atoms with Crippen LogP contribution in [0.3, 0.4) is 0 Å². The van der Waals surface area contributed by atoms with Gasteiger partial charge < -0.3 is 19.5 Å². The Hall–Kier alpha value is -1.97. The van der Waals surface area contributed by atoms with Gasteiger partial charge in [0.25, 0.3) is 12.2 Å². The van der Waals surface area contributed by atoms with E-state index in [4.69, 9.17) is 14.7 Å². The molecule has 7 heteroatoms. The SMILES string of the molecule is CC1(C)CC(OC#N)CC(C)(CNC(=O)C2COC(=O)O2)C1. The molecule has 1 aliphatic carbocycles. The maximum Gasteiger partial charge on any atom is 0.509 e. The van der Waals surface area contributed by atoms with Crippen LogP contribution in [0.4, 0.5) is 4.79 Å². The minimum atomic E-state index is -0.876. The first kappa shape index (κ1) is 16.4. The van der Waals surface area contributed by atoms with Crippen molar-refractivity contribution < 1.29 is 23.8 Å². The Morgan fingerprint density at radius 1 is 1.45 bits per heavy atom. The van der Waals surface area contributed by atoms with Crippen LogP contribution < -0.4 is 5.32 Å². The number of cyclic esters (lactones) is 2. The molecule has 0 bridgehead atoms. The molecule has 3 unspecified atom stereocenters. The molecule has 0 aromatic rings. The van der Waals surface area contributed by atoms with E-state index in [1.54, 1.807) is 6.26 Å². The fraction of sp³-hybridized carbons (Fsp3) is 0.800. The molecule has 0 spiro atoms. The average Bonchev–Trinajstić information content (AvgIpc) is 2.81. The van der Waals surface area contributed by atoms with Gasteiger partial charge in [0, 0.05) is 6.54 Å². The van der Waals surface area contributed by atoms with E-state index in [0.29, 0.717) is 13.0 Å². The predicted molar refractivity (Wildman–Crippen MR) is 75.5 cm³/mol. The van der Waals surface area contributed by atoms with E-state index in [-0.39, 0.29) is 29.4 Å². The molecule has 1 saturated heterocycles. The van der Waals surface area contributed by atoms with E-state index in [0.717, 1.165) is 12.8 Å². The summed E-state index contributed by atoms with van der Waals surface area (Å²) in [6.07, 6.45) is 2.37. The highest BCUT2D eigenvalue weighted by Gasteiger charge is 2.43. The third-order valence-electron chi connectivity index (χ3n) is 4.20. The molecular formula is C15H22N2O5. The van der Waals surface area contributed by atoms with Crippen molar-refractivity contribution in [3.05, 3.63) is 0 Å². The second-order valence-electron chi connectivity index (χ2n) is 7.28. The van der Waals surface area contributed by atoms with Crippen molar-refractivity contribution >= 4 is 12.1 Å². The van der Waals surface area contributed by atoms with Crippen LogP contribution in [0.1, 0.15) is 40.0 Å². The lowest BCUT2D eigenvalue weighted by Crippen LogP contribution is -2.47. The standard InChI is InChI=1S/C15H22N2O5/c1-14(2)4-10(21-9-16)5-15(3,7-14)8-17-12(18)11-6-20-13(19)22-11/h10-11H,4-8H2,1-3H3,(H,17,18). The highest BCUT2D eigenvalue weighted by molar-refractivity contribution is 5.84. The molecule has 2 fully saturated rings. The van der Waals surface area contributed by atoms with Gasteiger partial charge in [0.05, 0.1) is 0 Å². The van der Waals surface area contributed by atoms with Crippen LogP contribution in [0.5, 0.6) is 0 Å². The van der Waals surface area contributed by atoms with Gasteiger partial charge in [0.2, 0.25) is 6.10 Å². The zero-order chi connectivity index (χ0) is 16.4. The van der Waals surface area contributed by atoms with Gasteiger partial charge in [-0.05, 0) is 30.1 Å². The first-order valence-electron chi connectivity index (χ1n) is 7.39. The molecule has 0 radical (unpaired) electrons. The lowest BCUT2D eigenvalue weighted by molar-refractivity contribution is -0.129. The minimum absolute atomic E-state index is 0.0299. The van der Waals surface area contributed by atoms with Gasteiger partial charge in [-0.2, -0.15) is 5.26 Å². The maximum atomic E-state index is 12.0. The lowest BCUT2D eigenvalue weighted by atomic mass is 9.63. The van der Waals surface area contributed by atoms with Crippen LogP contribution in [0.2, 0.25) is 0 Å². The van der Waals surface area contributed by atoms with E-state index in [2.05, 4.69) is 30.8 Å². The fourth-order valence-electron chi connectivity index (χ4n) is 3.70. The van der Waals surface area contributed by atoms with Crippen LogP contribution in [0, 0.1) is 22.3 Å². The number of rotatable bonds is 4. The molecule has 0 aromatic carbocycles. The normalized spacial score (nSPS) is 33.3. The quantitative estimate of drug-likeness (QED) is 0.627. The summed E-state index contributed by atoms with van der Waals surface area (Å²) in [5.74, 6) is -0.354. The Morgan fingerprint density at radius 2 is 2.18 bits per heavy atom. The Morgan fingerprint density at radius 3 is 2.77 bits per heavy atom. The minimum Gasteiger partial charge on any atom is -0.430 e. The summed E-state index contributed by atoms with van der Waals surface area (Å²) < 4.78 is 14.5. The monoisotopic (exact) mass is 310 g/mol. The molecule has 1 N–H and O–H groups in total. The van der Waals surface area contributed by atoms with Gasteiger partial charge in [0.1, 0.15) is 12.7 Å². The van der Waals surface area contributed by atoms with Gasteiger partial charge in [-0.3, -0.25) is 4.79 Å². The Bertz CT molecular complexity index is 499. The summed E-state index contributed by atoms with van der Waals surface area (Å²) in [5, 5.41) is 11.6. The molecule has 1 saturated carbocycles. The Balaban J connectivity index is 1.93. The van der Waals surface area contributed by atoms with Crippen molar-refractivity contribution in [1.82, 2.24) is 5.32 Å². The number of hydrogen-bond donors (Lipinski definition) is 1. The largest absolute Gasteiger partial charge is 0.509 e. The van der Waals surface area contributed by atoms with Crippen LogP contribution in [-0.2, 0) is 19.0 Å². The molecular weight excluding hydrogens is 288 g/mol. The van der Waals surface area contributed by atoms with Gasteiger partial charge >= 0.3 is 6.16 Å². The van der Waals surface area contributed by atoms with Gasteiger partial charge in [-0.25, -0.2) is 4.79 Å². The average molecular weight is 310 g/mol. The number of hydrogen-bond acceptors (Lipinski definition) is 6. The second-order valence-corrected chi connectivity index (χ2v) is 7.28. The van der Waals surface area contributed by atoms with E-state index >= 15 is 0 Å². The van der Waals surface area contributed by atoms with Crippen molar-refractivity contribution in [2.24, 2.45) is 10.8 Å². The second kappa shape index (κ2) is 6.03. The molecule has 22 heavy (non-hydrogen) atoms. The van der Waals surface area contributed by atoms with Crippen molar-refractivity contribution in [2.75, 3.05) is 13.2 Å². The topological polar surface area (TPSA) is 97.6 Å². The molecule has 2 aliphatic rings. The molecule has 1 amide bonds. The number of amides is 1. The number of nitriles is 1. The maximum absolute atomic E-state index is 12.0. The van der Waals surface area contributed by atoms with Crippen molar-refractivity contribution in [3.8, 4) is 6.26 Å². The zero-order valence-electron chi connectivity index (χ0n) is 13.2. The van der Waals surface area contributed by atoms with Crippen LogP contribution in [0.25, 0.3) is 0 Å². The summed E-state index contributed by atoms with van der Waals surface area (Å²) in [6, 6.07) is 0. The van der Waals surface area contributed by atoms with Crippen molar-refractivity contribution in [3.63, 3.8) is 0 Å². The number of ether oxygens (including phenoxy) is 3. The number of carbonyl (C=O) groups excluding carboxylic acids is 2. The van der Waals surface area contributed by atoms with Crippen LogP contribution in [-0.4, -0.2) is 37.4 Å². The molecule has 1 heterocycles. The number of carbonyl (C=O) groups is 2. The van der Waals surface area contributed by atoms with E-state index in [9.17, 15) is 9.59 Å². The van der Waals surface area contributed by atoms with E-state index in [1.807, 2.05) is 0 Å². The van der Waals surface area contributed by atoms with Crippen molar-refractivity contribution in [2.45, 2.75) is 52.2 Å².